The minimum absolute atomic E-state index is 0.0761. The number of carbonyl (C=O) groups is 1. The van der Waals surface area contributed by atoms with Crippen molar-refractivity contribution in [2.24, 2.45) is 11.7 Å². The van der Waals surface area contributed by atoms with Crippen LogP contribution in [0.5, 0.6) is 0 Å². The number of rotatable bonds is 6. The molecule has 3 aromatic heterocycles. The van der Waals surface area contributed by atoms with Gasteiger partial charge < -0.3 is 15.1 Å². The third-order valence-corrected chi connectivity index (χ3v) is 4.84. The fourth-order valence-corrected chi connectivity index (χ4v) is 3.62. The van der Waals surface area contributed by atoms with Crippen molar-refractivity contribution in [2.75, 3.05) is 18.0 Å². The predicted octanol–water partition coefficient (Wildman–Crippen LogP) is 1.32. The Morgan fingerprint density at radius 2 is 2.30 bits per heavy atom. The van der Waals surface area contributed by atoms with Crippen molar-refractivity contribution in [3.8, 4) is 0 Å². The number of amides is 1. The number of piperidine rings is 1. The van der Waals surface area contributed by atoms with Gasteiger partial charge in [-0.15, -0.1) is 0 Å². The minimum atomic E-state index is -0.414. The Balaban J connectivity index is 1.48. The number of oxazole rings is 1. The summed E-state index contributed by atoms with van der Waals surface area (Å²) in [5.41, 5.74) is 6.61. The van der Waals surface area contributed by atoms with Crippen LogP contribution >= 0.6 is 0 Å². The number of hydrogen-bond donors (Lipinski definition) is 1. The molecule has 0 aromatic carbocycles. The second kappa shape index (κ2) is 7.34. The van der Waals surface area contributed by atoms with E-state index in [2.05, 4.69) is 25.0 Å². The van der Waals surface area contributed by atoms with Gasteiger partial charge in [-0.2, -0.15) is 10.1 Å². The zero-order chi connectivity index (χ0) is 18.8. The maximum Gasteiger partial charge on any atom is 0.299 e. The molecule has 27 heavy (non-hydrogen) atoms. The van der Waals surface area contributed by atoms with E-state index >= 15 is 0 Å². The number of carbonyl (C=O) groups excluding carboxylic acids is 1. The van der Waals surface area contributed by atoms with Gasteiger partial charge in [0.1, 0.15) is 5.82 Å². The van der Waals surface area contributed by atoms with E-state index in [9.17, 15) is 4.79 Å². The molecule has 1 atom stereocenters. The summed E-state index contributed by atoms with van der Waals surface area (Å²) in [5.74, 6) is 1.40. The molecule has 1 aliphatic heterocycles. The van der Waals surface area contributed by atoms with E-state index in [1.165, 1.54) is 0 Å². The van der Waals surface area contributed by atoms with Crippen LogP contribution in [0.1, 0.15) is 31.4 Å². The number of aromatic nitrogens is 5. The van der Waals surface area contributed by atoms with Crippen LogP contribution in [0.15, 0.2) is 22.7 Å². The molecule has 0 saturated carbocycles. The van der Waals surface area contributed by atoms with Gasteiger partial charge in [-0.1, -0.05) is 0 Å². The molecule has 1 saturated heterocycles. The van der Waals surface area contributed by atoms with Crippen molar-refractivity contribution in [3.63, 3.8) is 0 Å². The SMILES string of the molecule is CCn1nc(CC(N)=O)nc1CC1CCCN(c2nc3ncccc3o2)C1. The molecule has 142 valence electrons. The summed E-state index contributed by atoms with van der Waals surface area (Å²) in [6, 6.07) is 4.35. The number of hydrogen-bond acceptors (Lipinski definition) is 7. The Hall–Kier alpha value is -2.97. The molecule has 0 radical (unpaired) electrons. The topological polar surface area (TPSA) is 116 Å². The first-order valence-electron chi connectivity index (χ1n) is 9.29. The van der Waals surface area contributed by atoms with Crippen LogP contribution in [-0.4, -0.2) is 43.7 Å². The fraction of sp³-hybridized carbons (Fsp3) is 0.500. The summed E-state index contributed by atoms with van der Waals surface area (Å²) in [4.78, 5) is 26.6. The average Bonchev–Trinajstić information content (AvgIpc) is 3.25. The maximum atomic E-state index is 11.1. The number of fused-ring (bicyclic) bond motifs is 1. The number of nitrogens with two attached hydrogens (primary N) is 1. The van der Waals surface area contributed by atoms with Gasteiger partial charge >= 0.3 is 0 Å². The fourth-order valence-electron chi connectivity index (χ4n) is 3.62. The molecule has 4 rings (SSSR count). The van der Waals surface area contributed by atoms with Crippen LogP contribution in [-0.2, 0) is 24.2 Å². The van der Waals surface area contributed by atoms with Gasteiger partial charge in [0, 0.05) is 32.3 Å². The van der Waals surface area contributed by atoms with Crippen LogP contribution in [0, 0.1) is 5.92 Å². The summed E-state index contributed by atoms with van der Waals surface area (Å²) in [7, 11) is 0. The van der Waals surface area contributed by atoms with Gasteiger partial charge in [-0.25, -0.2) is 9.97 Å². The highest BCUT2D eigenvalue weighted by Gasteiger charge is 2.25. The van der Waals surface area contributed by atoms with Crippen molar-refractivity contribution >= 4 is 23.2 Å². The summed E-state index contributed by atoms with van der Waals surface area (Å²) >= 11 is 0. The molecule has 1 aliphatic rings. The van der Waals surface area contributed by atoms with Gasteiger partial charge in [-0.05, 0) is 37.8 Å². The summed E-state index contributed by atoms with van der Waals surface area (Å²) in [5, 5.41) is 4.39. The molecule has 0 bridgehead atoms. The zero-order valence-electron chi connectivity index (χ0n) is 15.3. The van der Waals surface area contributed by atoms with E-state index < -0.39 is 5.91 Å². The molecule has 9 nitrogen and oxygen atoms in total. The lowest BCUT2D eigenvalue weighted by Gasteiger charge is -2.31. The van der Waals surface area contributed by atoms with E-state index in [1.807, 2.05) is 23.7 Å². The maximum absolute atomic E-state index is 11.1. The Morgan fingerprint density at radius 1 is 1.41 bits per heavy atom. The highest BCUT2D eigenvalue weighted by Crippen LogP contribution is 2.27. The molecule has 1 fully saturated rings. The predicted molar refractivity (Wildman–Crippen MR) is 99.0 cm³/mol. The third-order valence-electron chi connectivity index (χ3n) is 4.84. The standard InChI is InChI=1S/C18H23N7O2/c1-2-25-16(21-15(23-25)10-14(19)26)9-12-5-4-8-24(11-12)18-22-17-13(27-18)6-3-7-20-17/h3,6-7,12H,2,4-5,8-11H2,1H3,(H2,19,26). The Morgan fingerprint density at radius 3 is 3.07 bits per heavy atom. The summed E-state index contributed by atoms with van der Waals surface area (Å²) in [6.07, 6.45) is 4.76. The highest BCUT2D eigenvalue weighted by atomic mass is 16.4. The zero-order valence-corrected chi connectivity index (χ0v) is 15.3. The molecule has 0 aliphatic carbocycles. The third kappa shape index (κ3) is 3.76. The molecule has 4 heterocycles. The molecular weight excluding hydrogens is 346 g/mol. The van der Waals surface area contributed by atoms with Crippen molar-refractivity contribution in [2.45, 2.75) is 39.2 Å². The van der Waals surface area contributed by atoms with Crippen LogP contribution in [0.2, 0.25) is 0 Å². The lowest BCUT2D eigenvalue weighted by Crippen LogP contribution is -2.36. The lowest BCUT2D eigenvalue weighted by molar-refractivity contribution is -0.117. The van der Waals surface area contributed by atoms with Gasteiger partial charge in [0.25, 0.3) is 6.01 Å². The van der Waals surface area contributed by atoms with Crippen LogP contribution < -0.4 is 10.6 Å². The van der Waals surface area contributed by atoms with Crippen LogP contribution in [0.25, 0.3) is 11.2 Å². The van der Waals surface area contributed by atoms with E-state index in [0.717, 1.165) is 38.2 Å². The molecule has 1 amide bonds. The van der Waals surface area contributed by atoms with Gasteiger partial charge in [0.15, 0.2) is 11.4 Å². The van der Waals surface area contributed by atoms with Crippen molar-refractivity contribution < 1.29 is 9.21 Å². The number of aryl methyl sites for hydroxylation is 1. The lowest BCUT2D eigenvalue weighted by atomic mass is 9.94. The van der Waals surface area contributed by atoms with Crippen molar-refractivity contribution in [1.82, 2.24) is 24.7 Å². The van der Waals surface area contributed by atoms with E-state index in [0.29, 0.717) is 35.5 Å². The number of nitrogens with zero attached hydrogens (tertiary/aromatic N) is 6. The summed E-state index contributed by atoms with van der Waals surface area (Å²) in [6.45, 7) is 4.49. The molecule has 9 heteroatoms. The van der Waals surface area contributed by atoms with Gasteiger partial charge in [0.05, 0.1) is 6.42 Å². The highest BCUT2D eigenvalue weighted by molar-refractivity contribution is 5.75. The first kappa shape index (κ1) is 17.4. The van der Waals surface area contributed by atoms with E-state index in [4.69, 9.17) is 10.2 Å². The smallest absolute Gasteiger partial charge is 0.299 e. The Labute approximate surface area is 156 Å². The summed E-state index contributed by atoms with van der Waals surface area (Å²) < 4.78 is 7.73. The first-order chi connectivity index (χ1) is 13.1. The normalized spacial score (nSPS) is 17.5. The molecule has 1 unspecified atom stereocenters. The largest absolute Gasteiger partial charge is 0.422 e. The second-order valence-corrected chi connectivity index (χ2v) is 6.88. The molecular formula is C18H23N7O2. The van der Waals surface area contributed by atoms with E-state index in [1.54, 1.807) is 6.20 Å². The molecule has 3 aromatic rings. The second-order valence-electron chi connectivity index (χ2n) is 6.88. The van der Waals surface area contributed by atoms with Crippen molar-refractivity contribution in [1.29, 1.82) is 0 Å². The Kier molecular flexibility index (Phi) is 4.74. The number of pyridine rings is 1. The number of primary amides is 1. The number of anilines is 1. The first-order valence-corrected chi connectivity index (χ1v) is 9.29. The molecule has 2 N–H and O–H groups in total. The minimum Gasteiger partial charge on any atom is -0.422 e. The average molecular weight is 369 g/mol. The van der Waals surface area contributed by atoms with Crippen molar-refractivity contribution in [3.05, 3.63) is 30.0 Å². The van der Waals surface area contributed by atoms with Crippen LogP contribution in [0.3, 0.4) is 0 Å². The van der Waals surface area contributed by atoms with Gasteiger partial charge in [0.2, 0.25) is 11.6 Å². The molecule has 0 spiro atoms. The monoisotopic (exact) mass is 369 g/mol. The Bertz CT molecular complexity index is 915. The van der Waals surface area contributed by atoms with E-state index in [-0.39, 0.29) is 6.42 Å². The van der Waals surface area contributed by atoms with Crippen LogP contribution in [0.4, 0.5) is 6.01 Å². The van der Waals surface area contributed by atoms with Gasteiger partial charge in [-0.3, -0.25) is 9.48 Å². The quantitative estimate of drug-likeness (QED) is 0.696.